The lowest BCUT2D eigenvalue weighted by molar-refractivity contribution is 0.768. The first-order chi connectivity index (χ1) is 34.2. The molecule has 69 heavy (non-hydrogen) atoms. The molecule has 1 aliphatic rings. The fourth-order valence-corrected chi connectivity index (χ4v) is 12.1. The van der Waals surface area contributed by atoms with Gasteiger partial charge in [0.25, 0.3) is 0 Å². The van der Waals surface area contributed by atoms with Gasteiger partial charge in [0.2, 0.25) is 0 Å². The molecule has 1 aromatic heterocycles. The van der Waals surface area contributed by atoms with Crippen LogP contribution in [0.15, 0.2) is 273 Å². The second-order valence-corrected chi connectivity index (χ2v) is 19.1. The molecule has 11 aromatic carbocycles. The van der Waals surface area contributed by atoms with Gasteiger partial charge in [-0.15, -0.1) is 11.3 Å². The number of nitrogens with zero attached hydrogens (tertiary/aromatic N) is 1. The van der Waals surface area contributed by atoms with E-state index in [0.717, 1.165) is 28.2 Å². The van der Waals surface area contributed by atoms with Crippen molar-refractivity contribution >= 4 is 48.6 Å². The first-order valence-corrected chi connectivity index (χ1v) is 24.5. The molecule has 0 N–H and O–H groups in total. The van der Waals surface area contributed by atoms with Crippen molar-refractivity contribution in [2.75, 3.05) is 4.90 Å². The van der Waals surface area contributed by atoms with E-state index >= 15 is 0 Å². The number of hydrogen-bond donors (Lipinski definition) is 0. The van der Waals surface area contributed by atoms with E-state index in [-0.39, 0.29) is 0 Å². The molecule has 1 heterocycles. The molecule has 0 spiro atoms. The van der Waals surface area contributed by atoms with E-state index in [1.807, 2.05) is 11.3 Å². The van der Waals surface area contributed by atoms with Gasteiger partial charge in [0, 0.05) is 37.1 Å². The maximum absolute atomic E-state index is 2.42. The molecule has 12 aromatic rings. The average molecular weight is 896 g/mol. The van der Waals surface area contributed by atoms with E-state index in [2.05, 4.69) is 278 Å². The molecule has 1 aliphatic carbocycles. The zero-order chi connectivity index (χ0) is 45.7. The lowest BCUT2D eigenvalue weighted by Gasteiger charge is -2.33. The minimum absolute atomic E-state index is 0.431. The highest BCUT2D eigenvalue weighted by Gasteiger charge is 2.46. The molecule has 0 atom stereocenters. The number of benzene rings is 11. The maximum Gasteiger partial charge on any atom is 0.0713 e. The van der Waals surface area contributed by atoms with Crippen LogP contribution in [0.1, 0.15) is 22.3 Å². The summed E-state index contributed by atoms with van der Waals surface area (Å²) >= 11 is 1.86. The van der Waals surface area contributed by atoms with Crippen LogP contribution in [0.25, 0.3) is 75.8 Å². The zero-order valence-corrected chi connectivity index (χ0v) is 38.7. The zero-order valence-electron chi connectivity index (χ0n) is 37.8. The third-order valence-electron chi connectivity index (χ3n) is 14.2. The smallest absolute Gasteiger partial charge is 0.0713 e. The average Bonchev–Trinajstić information content (AvgIpc) is 3.95. The van der Waals surface area contributed by atoms with Crippen LogP contribution in [-0.2, 0) is 5.41 Å². The minimum atomic E-state index is -0.431. The Morgan fingerprint density at radius 2 is 0.797 bits per heavy atom. The molecule has 0 fully saturated rings. The second-order valence-electron chi connectivity index (χ2n) is 18.0. The van der Waals surface area contributed by atoms with E-state index < -0.39 is 5.41 Å². The van der Waals surface area contributed by atoms with Gasteiger partial charge in [-0.3, -0.25) is 0 Å². The van der Waals surface area contributed by atoms with Crippen LogP contribution in [0.5, 0.6) is 0 Å². The van der Waals surface area contributed by atoms with Crippen molar-refractivity contribution in [1.82, 2.24) is 0 Å². The maximum atomic E-state index is 2.42. The van der Waals surface area contributed by atoms with Crippen LogP contribution < -0.4 is 4.90 Å². The Balaban J connectivity index is 0.923. The first kappa shape index (κ1) is 40.7. The normalized spacial score (nSPS) is 12.5. The summed E-state index contributed by atoms with van der Waals surface area (Å²) in [4.78, 5) is 2.42. The van der Waals surface area contributed by atoms with Crippen molar-refractivity contribution in [1.29, 1.82) is 0 Å². The fourth-order valence-electron chi connectivity index (χ4n) is 11.0. The van der Waals surface area contributed by atoms with Crippen LogP contribution in [0, 0.1) is 0 Å². The quantitative estimate of drug-likeness (QED) is 0.140. The van der Waals surface area contributed by atoms with E-state index in [1.165, 1.54) is 86.9 Å². The topological polar surface area (TPSA) is 3.24 Å². The number of thiophene rings is 1. The van der Waals surface area contributed by atoms with Crippen molar-refractivity contribution in [3.63, 3.8) is 0 Å². The van der Waals surface area contributed by atoms with Crippen molar-refractivity contribution < 1.29 is 0 Å². The van der Waals surface area contributed by atoms with Gasteiger partial charge in [0.1, 0.15) is 0 Å². The molecule has 0 aliphatic heterocycles. The molecule has 2 heteroatoms. The Hall–Kier alpha value is -8.56. The third-order valence-corrected chi connectivity index (χ3v) is 15.3. The molecule has 0 amide bonds. The van der Waals surface area contributed by atoms with Gasteiger partial charge >= 0.3 is 0 Å². The highest BCUT2D eigenvalue weighted by atomic mass is 32.1. The summed E-state index contributed by atoms with van der Waals surface area (Å²) in [6.45, 7) is 0. The summed E-state index contributed by atoms with van der Waals surface area (Å²) in [5.41, 5.74) is 20.0. The third kappa shape index (κ3) is 6.91. The molecule has 324 valence electrons. The molecular weight excluding hydrogens is 851 g/mol. The molecule has 0 bridgehead atoms. The highest BCUT2D eigenvalue weighted by molar-refractivity contribution is 7.25. The molecule has 0 radical (unpaired) electrons. The standard InChI is InChI=1S/C67H45NS/c1-4-18-46(19-5-1)49-21-17-27-56(43-49)68(55-38-34-47(35-39-55)50-37-41-66-61(45-50)59-30-12-15-33-65(59)69-66)64-32-14-11-28-57(64)52-22-16-20-48(42-52)51-36-40-63-60(44-51)58-29-10-13-31-62(58)67(63,53-23-6-2-7-24-53)54-25-8-3-9-26-54/h1-45H. The Morgan fingerprint density at radius 3 is 1.58 bits per heavy atom. The fraction of sp³-hybridized carbons (Fsp3) is 0.0149. The van der Waals surface area contributed by atoms with Gasteiger partial charge in [0.15, 0.2) is 0 Å². The van der Waals surface area contributed by atoms with E-state index in [0.29, 0.717) is 0 Å². The van der Waals surface area contributed by atoms with Crippen LogP contribution in [-0.4, -0.2) is 0 Å². The monoisotopic (exact) mass is 895 g/mol. The molecule has 0 unspecified atom stereocenters. The second kappa shape index (κ2) is 16.9. The van der Waals surface area contributed by atoms with Gasteiger partial charge < -0.3 is 4.90 Å². The number of hydrogen-bond acceptors (Lipinski definition) is 2. The first-order valence-electron chi connectivity index (χ1n) is 23.7. The van der Waals surface area contributed by atoms with E-state index in [9.17, 15) is 0 Å². The van der Waals surface area contributed by atoms with Gasteiger partial charge in [0.05, 0.1) is 11.1 Å². The van der Waals surface area contributed by atoms with Gasteiger partial charge in [-0.2, -0.15) is 0 Å². The Labute approximate surface area is 407 Å². The van der Waals surface area contributed by atoms with Crippen molar-refractivity contribution in [3.8, 4) is 55.6 Å². The number of rotatable bonds is 9. The predicted octanol–water partition coefficient (Wildman–Crippen LogP) is 18.6. The van der Waals surface area contributed by atoms with Crippen LogP contribution in [0.4, 0.5) is 17.1 Å². The lowest BCUT2D eigenvalue weighted by Crippen LogP contribution is -2.28. The number of para-hydroxylation sites is 1. The lowest BCUT2D eigenvalue weighted by atomic mass is 9.67. The molecule has 1 nitrogen and oxygen atoms in total. The van der Waals surface area contributed by atoms with Crippen LogP contribution in [0.3, 0.4) is 0 Å². The summed E-state index contributed by atoms with van der Waals surface area (Å²) in [5.74, 6) is 0. The summed E-state index contributed by atoms with van der Waals surface area (Å²) in [6.07, 6.45) is 0. The molecule has 0 saturated heterocycles. The van der Waals surface area contributed by atoms with Crippen LogP contribution in [0.2, 0.25) is 0 Å². The molecule has 13 rings (SSSR count). The van der Waals surface area contributed by atoms with Crippen molar-refractivity contribution in [3.05, 3.63) is 295 Å². The van der Waals surface area contributed by atoms with Crippen molar-refractivity contribution in [2.45, 2.75) is 5.41 Å². The molecule has 0 saturated carbocycles. The summed E-state index contributed by atoms with van der Waals surface area (Å²) in [5, 5.41) is 2.63. The Morgan fingerprint density at radius 1 is 0.275 bits per heavy atom. The van der Waals surface area contributed by atoms with E-state index in [4.69, 9.17) is 0 Å². The predicted molar refractivity (Wildman–Crippen MR) is 293 cm³/mol. The van der Waals surface area contributed by atoms with Crippen molar-refractivity contribution in [2.24, 2.45) is 0 Å². The van der Waals surface area contributed by atoms with Gasteiger partial charge in [-0.25, -0.2) is 0 Å². The number of anilines is 3. The molecular formula is C67H45NS. The summed E-state index contributed by atoms with van der Waals surface area (Å²) < 4.78 is 2.64. The van der Waals surface area contributed by atoms with E-state index in [1.54, 1.807) is 0 Å². The Kier molecular flexibility index (Phi) is 10.00. The largest absolute Gasteiger partial charge is 0.310 e. The number of fused-ring (bicyclic) bond motifs is 6. The van der Waals surface area contributed by atoms with Gasteiger partial charge in [-0.05, 0) is 133 Å². The highest BCUT2D eigenvalue weighted by Crippen LogP contribution is 2.57. The summed E-state index contributed by atoms with van der Waals surface area (Å²) in [6, 6.07) is 100. The van der Waals surface area contributed by atoms with Gasteiger partial charge in [-0.1, -0.05) is 212 Å². The summed E-state index contributed by atoms with van der Waals surface area (Å²) in [7, 11) is 0. The SMILES string of the molecule is c1ccc(-c2cccc(N(c3ccc(-c4ccc5sc6ccccc6c5c4)cc3)c3ccccc3-c3cccc(-c4ccc5c(c4)-c4ccccc4C5(c4ccccc4)c4ccccc4)c3)c2)cc1. The minimum Gasteiger partial charge on any atom is -0.310 e. The Bertz CT molecular complexity index is 3790. The van der Waals surface area contributed by atoms with Crippen LogP contribution >= 0.6 is 11.3 Å².